The highest BCUT2D eigenvalue weighted by atomic mass is 35.5. The van der Waals surface area contributed by atoms with Crippen molar-refractivity contribution in [2.75, 3.05) is 23.5 Å². The van der Waals surface area contributed by atoms with Gasteiger partial charge in [0.25, 0.3) is 11.8 Å². The largest absolute Gasteiger partial charge is 0.497 e. The fraction of sp³-hybridized carbons (Fsp3) is 0.264. The number of ether oxygens (including phenoxy) is 3. The number of rotatable bonds is 9. The Balaban J connectivity index is 1.03. The van der Waals surface area contributed by atoms with Gasteiger partial charge in [-0.1, -0.05) is 110 Å². The summed E-state index contributed by atoms with van der Waals surface area (Å²) in [4.78, 5) is 50.0. The Morgan fingerprint density at radius 1 is 0.846 bits per heavy atom. The Labute approximate surface area is 384 Å². The molecule has 330 valence electrons. The summed E-state index contributed by atoms with van der Waals surface area (Å²) in [7, 11) is -0.960. The zero-order chi connectivity index (χ0) is 45.2. The molecule has 0 aromatic heterocycles. The van der Waals surface area contributed by atoms with E-state index in [1.165, 1.54) is 0 Å². The Morgan fingerprint density at radius 3 is 2.34 bits per heavy atom. The van der Waals surface area contributed by atoms with Gasteiger partial charge in [0.15, 0.2) is 11.4 Å². The van der Waals surface area contributed by atoms with Crippen molar-refractivity contribution >= 4 is 59.6 Å². The van der Waals surface area contributed by atoms with Gasteiger partial charge in [-0.05, 0) is 95.4 Å². The predicted octanol–water partition coefficient (Wildman–Crippen LogP) is 9.53. The van der Waals surface area contributed by atoms with Crippen LogP contribution < -0.4 is 24.5 Å². The fourth-order valence-corrected chi connectivity index (χ4v) is 15.2. The molecule has 6 aromatic rings. The first kappa shape index (κ1) is 42.7. The van der Waals surface area contributed by atoms with Crippen LogP contribution in [0.15, 0.2) is 140 Å². The molecule has 1 saturated heterocycles. The molecule has 0 radical (unpaired) electrons. The molecule has 0 saturated carbocycles. The van der Waals surface area contributed by atoms with Crippen molar-refractivity contribution in [1.29, 1.82) is 0 Å². The third-order valence-electron chi connectivity index (χ3n) is 14.2. The first-order chi connectivity index (χ1) is 31.4. The van der Waals surface area contributed by atoms with E-state index in [1.54, 1.807) is 40.0 Å². The highest BCUT2D eigenvalue weighted by Crippen LogP contribution is 2.60. The minimum absolute atomic E-state index is 0.0331. The zero-order valence-electron chi connectivity index (χ0n) is 36.7. The van der Waals surface area contributed by atoms with Crippen LogP contribution in [0.4, 0.5) is 17.1 Å². The molecule has 10 rings (SSSR count). The average molecular weight is 905 g/mol. The third-order valence-corrected chi connectivity index (χ3v) is 18.8. The summed E-state index contributed by atoms with van der Waals surface area (Å²) in [6, 6.07) is 43.7. The predicted molar refractivity (Wildman–Crippen MR) is 254 cm³/mol. The molecule has 0 aliphatic carbocycles. The summed E-state index contributed by atoms with van der Waals surface area (Å²) in [5, 5.41) is 12.2. The molecule has 0 unspecified atom stereocenters. The number of hydrogen-bond acceptors (Lipinski definition) is 7. The topological polar surface area (TPSA) is 109 Å². The number of aliphatic hydroxyl groups is 1. The van der Waals surface area contributed by atoms with E-state index in [9.17, 15) is 14.7 Å². The first-order valence-corrected chi connectivity index (χ1v) is 25.6. The van der Waals surface area contributed by atoms with Crippen LogP contribution in [0.5, 0.6) is 17.2 Å². The number of benzene rings is 6. The number of methoxy groups -OCH3 is 1. The lowest BCUT2D eigenvalue weighted by Gasteiger charge is -2.39. The van der Waals surface area contributed by atoms with E-state index < -0.39 is 19.8 Å². The van der Waals surface area contributed by atoms with Crippen LogP contribution in [0.25, 0.3) is 0 Å². The summed E-state index contributed by atoms with van der Waals surface area (Å²) in [6.07, 6.45) is -0.0540. The van der Waals surface area contributed by atoms with Crippen LogP contribution in [0.3, 0.4) is 0 Å². The van der Waals surface area contributed by atoms with Crippen molar-refractivity contribution in [3.05, 3.63) is 172 Å². The molecular formula is C53H50ClN3O7Si. The van der Waals surface area contributed by atoms with E-state index in [2.05, 4.69) is 38.2 Å². The SMILES string of the molecule is COc1ccc([Si](C)(C)[C@@H]2[C@@H](CC(=O)N3Cc4ccccc4C[C@H]3CO)O[C@]3(C(=O)N(Cc4cccc(N5C(=O)c6ccccc6Oc6ccccc65)c4)c4ccc(Cl)cc43)[C@H]2C)cc1. The number of hydrogen-bond donors (Lipinski definition) is 1. The molecule has 3 amide bonds. The van der Waals surface area contributed by atoms with Crippen LogP contribution in [0.2, 0.25) is 23.7 Å². The zero-order valence-corrected chi connectivity index (χ0v) is 38.5. The summed E-state index contributed by atoms with van der Waals surface area (Å²) in [5.74, 6) is 0.796. The molecule has 5 atom stereocenters. The van der Waals surface area contributed by atoms with Gasteiger partial charge in [0.1, 0.15) is 11.5 Å². The summed E-state index contributed by atoms with van der Waals surface area (Å²) in [6.45, 7) is 7.07. The van der Waals surface area contributed by atoms with E-state index in [0.29, 0.717) is 57.7 Å². The van der Waals surface area contributed by atoms with Gasteiger partial charge in [-0.15, -0.1) is 0 Å². The number of anilines is 3. The molecule has 1 spiro atoms. The van der Waals surface area contributed by atoms with Gasteiger partial charge in [0.05, 0.1) is 63.8 Å². The second kappa shape index (κ2) is 16.6. The molecule has 1 N–H and O–H groups in total. The van der Waals surface area contributed by atoms with Gasteiger partial charge >= 0.3 is 0 Å². The Morgan fingerprint density at radius 2 is 1.57 bits per heavy atom. The number of amides is 3. The van der Waals surface area contributed by atoms with Crippen LogP contribution >= 0.6 is 11.6 Å². The minimum Gasteiger partial charge on any atom is -0.497 e. The number of carbonyl (C=O) groups is 3. The highest BCUT2D eigenvalue weighted by molar-refractivity contribution is 6.91. The van der Waals surface area contributed by atoms with Gasteiger partial charge in [-0.3, -0.25) is 19.3 Å². The van der Waals surface area contributed by atoms with Crippen molar-refractivity contribution in [3.8, 4) is 17.2 Å². The molecule has 0 bridgehead atoms. The van der Waals surface area contributed by atoms with Gasteiger partial charge in [0, 0.05) is 28.7 Å². The molecule has 4 aliphatic heterocycles. The Bertz CT molecular complexity index is 2850. The Kier molecular flexibility index (Phi) is 10.9. The molecular weight excluding hydrogens is 854 g/mol. The lowest BCUT2D eigenvalue weighted by atomic mass is 9.82. The van der Waals surface area contributed by atoms with Gasteiger partial charge in [-0.2, -0.15) is 0 Å². The summed E-state index contributed by atoms with van der Waals surface area (Å²) >= 11 is 6.82. The maximum Gasteiger partial charge on any atom is 0.266 e. The molecule has 4 heterocycles. The van der Waals surface area contributed by atoms with Crippen molar-refractivity contribution < 1.29 is 33.7 Å². The van der Waals surface area contributed by atoms with Crippen LogP contribution in [0.1, 0.15) is 46.0 Å². The molecule has 6 aromatic carbocycles. The monoisotopic (exact) mass is 903 g/mol. The Hall–Kier alpha value is -6.24. The lowest BCUT2D eigenvalue weighted by molar-refractivity contribution is -0.151. The number of nitrogens with zero attached hydrogens (tertiary/aromatic N) is 3. The van der Waals surface area contributed by atoms with E-state index in [1.807, 2.05) is 103 Å². The van der Waals surface area contributed by atoms with Crippen LogP contribution in [-0.2, 0) is 39.4 Å². The van der Waals surface area contributed by atoms with E-state index in [-0.39, 0.29) is 54.8 Å². The molecule has 10 nitrogen and oxygen atoms in total. The van der Waals surface area contributed by atoms with Gasteiger partial charge in [-0.25, -0.2) is 0 Å². The second-order valence-corrected chi connectivity index (χ2v) is 23.2. The van der Waals surface area contributed by atoms with E-state index in [0.717, 1.165) is 27.6 Å². The number of halogens is 1. The number of aliphatic hydroxyl groups excluding tert-OH is 1. The van der Waals surface area contributed by atoms with Crippen molar-refractivity contribution in [3.63, 3.8) is 0 Å². The summed E-state index contributed by atoms with van der Waals surface area (Å²) < 4.78 is 19.2. The minimum atomic E-state index is -2.61. The number of para-hydroxylation sites is 3. The maximum absolute atomic E-state index is 15.7. The van der Waals surface area contributed by atoms with Crippen LogP contribution in [0, 0.1) is 5.92 Å². The van der Waals surface area contributed by atoms with Gasteiger partial charge in [0.2, 0.25) is 5.91 Å². The fourth-order valence-electron chi connectivity index (χ4n) is 11.0. The standard InChI is InChI=1S/C53H50ClN3O7Si/c1-33-50(65(3,4)41-23-21-40(62-2)22-24-41)48(29-49(59)55-31-36-14-6-5-13-35(36)27-39(55)32-58)64-53(33)43-28-37(54)20-25-44(43)56(52(53)61)30-34-12-11-15-38(26-34)57-45-17-8-10-19-47(45)63-46-18-9-7-16-42(46)51(57)60/h5-26,28,33,39,48,50,58H,27,29-32H2,1-4H3/t33-,39-,48+,50-,53+/m0/s1. The second-order valence-electron chi connectivity index (χ2n) is 18.1. The van der Waals surface area contributed by atoms with Crippen molar-refractivity contribution in [1.82, 2.24) is 4.90 Å². The van der Waals surface area contributed by atoms with Crippen LogP contribution in [-0.4, -0.2) is 61.7 Å². The summed E-state index contributed by atoms with van der Waals surface area (Å²) in [5.41, 5.74) is 4.32. The van der Waals surface area contributed by atoms with E-state index in [4.69, 9.17) is 25.8 Å². The molecule has 4 aliphatic rings. The molecule has 12 heteroatoms. The molecule has 65 heavy (non-hydrogen) atoms. The highest BCUT2D eigenvalue weighted by Gasteiger charge is 2.66. The lowest BCUT2D eigenvalue weighted by Crippen LogP contribution is -2.52. The first-order valence-electron chi connectivity index (χ1n) is 22.1. The number of carbonyl (C=O) groups excluding carboxylic acids is 3. The smallest absolute Gasteiger partial charge is 0.266 e. The normalized spacial score (nSPS) is 22.2. The quantitative estimate of drug-likeness (QED) is 0.144. The maximum atomic E-state index is 15.7. The van der Waals surface area contributed by atoms with Crippen molar-refractivity contribution in [2.24, 2.45) is 5.92 Å². The third kappa shape index (κ3) is 7.12. The number of fused-ring (bicyclic) bond motifs is 5. The van der Waals surface area contributed by atoms with Crippen molar-refractivity contribution in [2.45, 2.75) is 69.2 Å². The average Bonchev–Trinajstić information content (AvgIpc) is 3.68. The van der Waals surface area contributed by atoms with E-state index >= 15 is 4.79 Å². The van der Waals surface area contributed by atoms with Gasteiger partial charge < -0.3 is 29.1 Å². The molecule has 1 fully saturated rings.